The van der Waals surface area contributed by atoms with Crippen molar-refractivity contribution >= 4 is 17.7 Å². The van der Waals surface area contributed by atoms with Gasteiger partial charge in [0.05, 0.1) is 0 Å². The summed E-state index contributed by atoms with van der Waals surface area (Å²) < 4.78 is 4.95. The summed E-state index contributed by atoms with van der Waals surface area (Å²) in [5.74, 6) is -0.115. The number of ether oxygens (including phenoxy) is 1. The number of benzene rings is 1. The normalized spacial score (nSPS) is 8.84. The van der Waals surface area contributed by atoms with Gasteiger partial charge >= 0.3 is 6.09 Å². The van der Waals surface area contributed by atoms with E-state index >= 15 is 0 Å². The van der Waals surface area contributed by atoms with Crippen LogP contribution in [-0.2, 0) is 16.1 Å². The predicted octanol–water partition coefficient (Wildman–Crippen LogP) is 2.92. The van der Waals surface area contributed by atoms with Crippen LogP contribution in [0.15, 0.2) is 24.3 Å². The third-order valence-electron chi connectivity index (χ3n) is 1.97. The van der Waals surface area contributed by atoms with Gasteiger partial charge in [-0.15, -0.1) is 0 Å². The first-order valence-electron chi connectivity index (χ1n) is 6.39. The van der Waals surface area contributed by atoms with Crippen LogP contribution in [0.4, 0.5) is 10.5 Å². The third kappa shape index (κ3) is 7.81. The SMILES string of the molecule is CC.CCNC(=O)OCc1ccc(NC(C)=O)cc1. The van der Waals surface area contributed by atoms with Crippen LogP contribution < -0.4 is 10.6 Å². The lowest BCUT2D eigenvalue weighted by atomic mass is 10.2. The minimum atomic E-state index is -0.432. The topological polar surface area (TPSA) is 67.4 Å². The minimum absolute atomic E-state index is 0.115. The molecule has 0 saturated carbocycles. The van der Waals surface area contributed by atoms with Crippen LogP contribution in [0.3, 0.4) is 0 Å². The molecule has 106 valence electrons. The molecular formula is C14H22N2O3. The van der Waals surface area contributed by atoms with E-state index in [1.807, 2.05) is 20.8 Å². The zero-order chi connectivity index (χ0) is 14.7. The van der Waals surface area contributed by atoms with Crippen LogP contribution in [0.1, 0.15) is 33.3 Å². The van der Waals surface area contributed by atoms with Crippen molar-refractivity contribution in [3.8, 4) is 0 Å². The highest BCUT2D eigenvalue weighted by Gasteiger charge is 2.01. The van der Waals surface area contributed by atoms with Gasteiger partial charge in [-0.3, -0.25) is 4.79 Å². The second-order valence-electron chi connectivity index (χ2n) is 3.48. The number of carbonyl (C=O) groups excluding carboxylic acids is 2. The van der Waals surface area contributed by atoms with E-state index in [1.165, 1.54) is 6.92 Å². The second kappa shape index (κ2) is 9.94. The molecule has 19 heavy (non-hydrogen) atoms. The molecule has 0 bridgehead atoms. The van der Waals surface area contributed by atoms with E-state index in [0.29, 0.717) is 6.54 Å². The smallest absolute Gasteiger partial charge is 0.407 e. The molecule has 2 N–H and O–H groups in total. The van der Waals surface area contributed by atoms with E-state index in [-0.39, 0.29) is 12.5 Å². The molecule has 0 atom stereocenters. The fourth-order valence-corrected chi connectivity index (χ4v) is 1.23. The van der Waals surface area contributed by atoms with Crippen molar-refractivity contribution in [3.05, 3.63) is 29.8 Å². The van der Waals surface area contributed by atoms with Gasteiger partial charge in [0.25, 0.3) is 0 Å². The Morgan fingerprint density at radius 3 is 2.21 bits per heavy atom. The van der Waals surface area contributed by atoms with Crippen molar-refractivity contribution in [2.24, 2.45) is 0 Å². The van der Waals surface area contributed by atoms with Crippen molar-refractivity contribution in [2.75, 3.05) is 11.9 Å². The molecule has 5 nitrogen and oxygen atoms in total. The Morgan fingerprint density at radius 1 is 1.16 bits per heavy atom. The molecule has 0 aliphatic carbocycles. The maximum absolute atomic E-state index is 11.0. The molecule has 2 amide bonds. The summed E-state index contributed by atoms with van der Waals surface area (Å²) in [6.07, 6.45) is -0.432. The Kier molecular flexibility index (Phi) is 8.87. The van der Waals surface area contributed by atoms with Gasteiger partial charge in [-0.05, 0) is 24.6 Å². The number of hydrogen-bond donors (Lipinski definition) is 2. The lowest BCUT2D eigenvalue weighted by Crippen LogP contribution is -2.23. The maximum atomic E-state index is 11.0. The van der Waals surface area contributed by atoms with Gasteiger partial charge in [0, 0.05) is 19.2 Å². The molecule has 0 spiro atoms. The van der Waals surface area contributed by atoms with E-state index < -0.39 is 6.09 Å². The first-order chi connectivity index (χ1) is 9.11. The molecule has 1 aromatic carbocycles. The molecule has 0 aliphatic rings. The summed E-state index contributed by atoms with van der Waals surface area (Å²) in [4.78, 5) is 21.8. The lowest BCUT2D eigenvalue weighted by Gasteiger charge is -2.06. The number of hydrogen-bond acceptors (Lipinski definition) is 3. The first-order valence-corrected chi connectivity index (χ1v) is 6.39. The average Bonchev–Trinajstić information content (AvgIpc) is 2.40. The highest BCUT2D eigenvalue weighted by molar-refractivity contribution is 5.88. The first kappa shape index (κ1) is 17.0. The lowest BCUT2D eigenvalue weighted by molar-refractivity contribution is -0.114. The predicted molar refractivity (Wildman–Crippen MR) is 76.0 cm³/mol. The van der Waals surface area contributed by atoms with Crippen molar-refractivity contribution in [2.45, 2.75) is 34.3 Å². The number of amides is 2. The average molecular weight is 266 g/mol. The van der Waals surface area contributed by atoms with E-state index in [9.17, 15) is 9.59 Å². The van der Waals surface area contributed by atoms with Crippen LogP contribution in [0, 0.1) is 0 Å². The summed E-state index contributed by atoms with van der Waals surface area (Å²) in [6, 6.07) is 7.12. The molecule has 0 heterocycles. The van der Waals surface area contributed by atoms with Crippen LogP contribution in [0.5, 0.6) is 0 Å². The Morgan fingerprint density at radius 2 is 1.74 bits per heavy atom. The summed E-state index contributed by atoms with van der Waals surface area (Å²) in [6.45, 7) is 8.03. The fraction of sp³-hybridized carbons (Fsp3) is 0.429. The van der Waals surface area contributed by atoms with E-state index in [1.54, 1.807) is 24.3 Å². The fourth-order valence-electron chi connectivity index (χ4n) is 1.23. The molecule has 0 saturated heterocycles. The van der Waals surface area contributed by atoms with Gasteiger partial charge in [-0.2, -0.15) is 0 Å². The minimum Gasteiger partial charge on any atom is -0.445 e. The van der Waals surface area contributed by atoms with Crippen molar-refractivity contribution in [1.82, 2.24) is 5.32 Å². The number of alkyl carbamates (subject to hydrolysis) is 1. The quantitative estimate of drug-likeness (QED) is 0.880. The van der Waals surface area contributed by atoms with Gasteiger partial charge < -0.3 is 15.4 Å². The molecule has 0 unspecified atom stereocenters. The highest BCUT2D eigenvalue weighted by Crippen LogP contribution is 2.10. The Labute approximate surface area is 114 Å². The molecule has 0 fully saturated rings. The van der Waals surface area contributed by atoms with Crippen LogP contribution >= 0.6 is 0 Å². The molecule has 0 aromatic heterocycles. The second-order valence-corrected chi connectivity index (χ2v) is 3.48. The number of rotatable bonds is 4. The Bertz CT molecular complexity index is 388. The van der Waals surface area contributed by atoms with Crippen LogP contribution in [0.25, 0.3) is 0 Å². The number of carbonyl (C=O) groups is 2. The van der Waals surface area contributed by atoms with Gasteiger partial charge in [0.2, 0.25) is 5.91 Å². The van der Waals surface area contributed by atoms with Crippen LogP contribution in [-0.4, -0.2) is 18.5 Å². The Hall–Kier alpha value is -2.04. The van der Waals surface area contributed by atoms with Crippen molar-refractivity contribution in [3.63, 3.8) is 0 Å². The van der Waals surface area contributed by atoms with Gasteiger partial charge in [0.1, 0.15) is 6.61 Å². The monoisotopic (exact) mass is 266 g/mol. The van der Waals surface area contributed by atoms with Crippen molar-refractivity contribution < 1.29 is 14.3 Å². The summed E-state index contributed by atoms with van der Waals surface area (Å²) in [5.41, 5.74) is 1.59. The largest absolute Gasteiger partial charge is 0.445 e. The maximum Gasteiger partial charge on any atom is 0.407 e. The third-order valence-corrected chi connectivity index (χ3v) is 1.97. The van der Waals surface area contributed by atoms with E-state index in [4.69, 9.17) is 4.74 Å². The number of nitrogens with one attached hydrogen (secondary N) is 2. The molecular weight excluding hydrogens is 244 g/mol. The van der Waals surface area contributed by atoms with E-state index in [0.717, 1.165) is 11.3 Å². The highest BCUT2D eigenvalue weighted by atomic mass is 16.5. The summed E-state index contributed by atoms with van der Waals surface area (Å²) in [7, 11) is 0. The van der Waals surface area contributed by atoms with Crippen LogP contribution in [0.2, 0.25) is 0 Å². The molecule has 0 radical (unpaired) electrons. The van der Waals surface area contributed by atoms with Crippen molar-refractivity contribution in [1.29, 1.82) is 0 Å². The molecule has 1 aromatic rings. The van der Waals surface area contributed by atoms with E-state index in [2.05, 4.69) is 10.6 Å². The zero-order valence-corrected chi connectivity index (χ0v) is 11.9. The van der Waals surface area contributed by atoms with Gasteiger partial charge in [-0.25, -0.2) is 4.79 Å². The van der Waals surface area contributed by atoms with Gasteiger partial charge in [0.15, 0.2) is 0 Å². The molecule has 5 heteroatoms. The number of anilines is 1. The molecule has 0 aliphatic heterocycles. The standard InChI is InChI=1S/C12H16N2O3.C2H6/c1-3-13-12(16)17-8-10-4-6-11(7-5-10)14-9(2)15;1-2/h4-7H,3,8H2,1-2H3,(H,13,16)(H,14,15);1-2H3. The van der Waals surface area contributed by atoms with Gasteiger partial charge in [-0.1, -0.05) is 26.0 Å². The summed E-state index contributed by atoms with van der Waals surface area (Å²) in [5, 5.41) is 5.19. The molecule has 1 rings (SSSR count). The Balaban J connectivity index is 0.00000154. The zero-order valence-electron chi connectivity index (χ0n) is 11.9. The summed E-state index contributed by atoms with van der Waals surface area (Å²) >= 11 is 0.